The summed E-state index contributed by atoms with van der Waals surface area (Å²) in [6, 6.07) is 11.0. The molecule has 0 saturated heterocycles. The molecule has 0 aliphatic carbocycles. The number of carboxylic acid groups (broad SMARTS) is 1. The SMILES string of the molecule is NCCNC(=O)c1cc(-c2c[nH]c3ccc(Br)cc23)nc2cc(Cl)cc(Cl)c12.O=C(O)C(F)(F)F. The summed E-state index contributed by atoms with van der Waals surface area (Å²) in [4.78, 5) is 29.7. The summed E-state index contributed by atoms with van der Waals surface area (Å²) in [7, 11) is 0. The number of amides is 1. The zero-order chi connectivity index (χ0) is 25.9. The highest BCUT2D eigenvalue weighted by atomic mass is 79.9. The number of nitrogens with one attached hydrogen (secondary N) is 2. The number of aromatic nitrogens is 2. The minimum absolute atomic E-state index is 0.260. The largest absolute Gasteiger partial charge is 0.490 e. The van der Waals surface area contributed by atoms with E-state index in [9.17, 15) is 18.0 Å². The molecule has 2 aromatic carbocycles. The van der Waals surface area contributed by atoms with Gasteiger partial charge >= 0.3 is 12.1 Å². The van der Waals surface area contributed by atoms with Gasteiger partial charge < -0.3 is 21.1 Å². The van der Waals surface area contributed by atoms with Gasteiger partial charge in [-0.25, -0.2) is 9.78 Å². The Morgan fingerprint density at radius 2 is 1.86 bits per heavy atom. The van der Waals surface area contributed by atoms with Crippen LogP contribution in [0.4, 0.5) is 13.2 Å². The minimum Gasteiger partial charge on any atom is -0.475 e. The molecule has 184 valence electrons. The standard InChI is InChI=1S/C20H15BrCl2N4O.C2HF3O2/c21-10-1-2-16-12(5-10)14(9-26-16)17-8-13(20(28)25-4-3-24)19-15(23)6-11(22)7-18(19)27-17;3-2(4,5)1(6)7/h1-2,5-9,26H,3-4,24H2,(H,25,28);(H,6,7). The second-order valence-corrected chi connectivity index (χ2v) is 8.84. The maximum absolute atomic E-state index is 12.8. The molecule has 0 unspecified atom stereocenters. The molecule has 0 atom stereocenters. The Morgan fingerprint density at radius 3 is 2.49 bits per heavy atom. The number of carboxylic acids is 1. The van der Waals surface area contributed by atoms with Crippen molar-refractivity contribution in [3.05, 3.63) is 62.7 Å². The molecule has 0 aliphatic heterocycles. The number of nitrogens with two attached hydrogens (primary N) is 1. The fourth-order valence-electron chi connectivity index (χ4n) is 3.19. The Bertz CT molecular complexity index is 1430. The molecule has 0 radical (unpaired) electrons. The Kier molecular flexibility index (Phi) is 8.26. The zero-order valence-electron chi connectivity index (χ0n) is 17.5. The topological polar surface area (TPSA) is 121 Å². The highest BCUT2D eigenvalue weighted by Gasteiger charge is 2.38. The van der Waals surface area contributed by atoms with Crippen LogP contribution >= 0.6 is 39.1 Å². The second kappa shape index (κ2) is 10.8. The van der Waals surface area contributed by atoms with Crippen molar-refractivity contribution in [1.29, 1.82) is 0 Å². The van der Waals surface area contributed by atoms with Crippen LogP contribution in [-0.2, 0) is 4.79 Å². The first-order valence-electron chi connectivity index (χ1n) is 9.77. The van der Waals surface area contributed by atoms with Gasteiger partial charge in [0.1, 0.15) is 0 Å². The van der Waals surface area contributed by atoms with Gasteiger partial charge in [-0.1, -0.05) is 39.1 Å². The summed E-state index contributed by atoms with van der Waals surface area (Å²) in [5, 5.41) is 12.3. The number of aliphatic carboxylic acids is 1. The number of hydrogen-bond acceptors (Lipinski definition) is 4. The summed E-state index contributed by atoms with van der Waals surface area (Å²) >= 11 is 16.1. The van der Waals surface area contributed by atoms with Crippen molar-refractivity contribution in [1.82, 2.24) is 15.3 Å². The third-order valence-corrected chi connectivity index (χ3v) is 5.67. The third kappa shape index (κ3) is 6.23. The van der Waals surface area contributed by atoms with Crippen molar-refractivity contribution in [2.24, 2.45) is 5.73 Å². The highest BCUT2D eigenvalue weighted by Crippen LogP contribution is 2.35. The molecule has 0 saturated carbocycles. The van der Waals surface area contributed by atoms with Crippen LogP contribution in [0, 0.1) is 0 Å². The van der Waals surface area contributed by atoms with Gasteiger partial charge in [0, 0.05) is 50.6 Å². The molecule has 0 aliphatic rings. The predicted octanol–water partition coefficient (Wildman–Crippen LogP) is 5.77. The van der Waals surface area contributed by atoms with E-state index in [-0.39, 0.29) is 5.91 Å². The number of carbonyl (C=O) groups is 2. The first kappa shape index (κ1) is 26.7. The van der Waals surface area contributed by atoms with Gasteiger partial charge in [-0.15, -0.1) is 0 Å². The highest BCUT2D eigenvalue weighted by molar-refractivity contribution is 9.10. The van der Waals surface area contributed by atoms with Crippen LogP contribution in [0.3, 0.4) is 0 Å². The zero-order valence-corrected chi connectivity index (χ0v) is 20.6. The molecule has 7 nitrogen and oxygen atoms in total. The first-order valence-corrected chi connectivity index (χ1v) is 11.3. The van der Waals surface area contributed by atoms with E-state index < -0.39 is 12.1 Å². The summed E-state index contributed by atoms with van der Waals surface area (Å²) in [6.45, 7) is 0.709. The lowest BCUT2D eigenvalue weighted by Gasteiger charge is -2.12. The van der Waals surface area contributed by atoms with Crippen molar-refractivity contribution in [2.45, 2.75) is 6.18 Å². The maximum Gasteiger partial charge on any atom is 0.490 e. The number of H-pyrrole nitrogens is 1. The van der Waals surface area contributed by atoms with E-state index >= 15 is 0 Å². The van der Waals surface area contributed by atoms with Gasteiger partial charge in [-0.05, 0) is 36.4 Å². The van der Waals surface area contributed by atoms with E-state index in [1.54, 1.807) is 18.2 Å². The van der Waals surface area contributed by atoms with Crippen molar-refractivity contribution >= 4 is 72.8 Å². The lowest BCUT2D eigenvalue weighted by Crippen LogP contribution is -2.29. The molecule has 13 heteroatoms. The first-order chi connectivity index (χ1) is 16.4. The van der Waals surface area contributed by atoms with Crippen molar-refractivity contribution in [2.75, 3.05) is 13.1 Å². The van der Waals surface area contributed by atoms with Gasteiger partial charge in [0.15, 0.2) is 0 Å². The third-order valence-electron chi connectivity index (χ3n) is 4.66. The van der Waals surface area contributed by atoms with Crippen molar-refractivity contribution in [3.63, 3.8) is 0 Å². The molecule has 0 fully saturated rings. The van der Waals surface area contributed by atoms with E-state index in [2.05, 4.69) is 26.2 Å². The Morgan fingerprint density at radius 1 is 1.17 bits per heavy atom. The fraction of sp³-hybridized carbons (Fsp3) is 0.136. The molecule has 35 heavy (non-hydrogen) atoms. The second-order valence-electron chi connectivity index (χ2n) is 7.08. The number of rotatable bonds is 4. The van der Waals surface area contributed by atoms with E-state index in [0.717, 1.165) is 20.9 Å². The molecule has 0 spiro atoms. The number of pyridine rings is 1. The van der Waals surface area contributed by atoms with Crippen molar-refractivity contribution in [3.8, 4) is 11.3 Å². The lowest BCUT2D eigenvalue weighted by molar-refractivity contribution is -0.192. The van der Waals surface area contributed by atoms with Crippen molar-refractivity contribution < 1.29 is 27.9 Å². The normalized spacial score (nSPS) is 11.3. The number of benzene rings is 2. The maximum atomic E-state index is 12.8. The van der Waals surface area contributed by atoms with Gasteiger partial charge in [0.2, 0.25) is 0 Å². The van der Waals surface area contributed by atoms with Crippen LogP contribution in [-0.4, -0.2) is 46.2 Å². The number of carbonyl (C=O) groups excluding carboxylic acids is 1. The molecule has 4 aromatic rings. The van der Waals surface area contributed by atoms with E-state index in [4.69, 9.17) is 43.8 Å². The summed E-state index contributed by atoms with van der Waals surface area (Å²) in [5.41, 5.74) is 9.00. The Labute approximate surface area is 214 Å². The number of hydrogen-bond donors (Lipinski definition) is 4. The molecule has 5 N–H and O–H groups in total. The average Bonchev–Trinajstić information content (AvgIpc) is 3.19. The Hall–Kier alpha value is -2.86. The molecule has 1 amide bonds. The van der Waals surface area contributed by atoms with Crippen LogP contribution in [0.2, 0.25) is 10.0 Å². The average molecular weight is 592 g/mol. The van der Waals surface area contributed by atoms with E-state index in [0.29, 0.717) is 45.3 Å². The summed E-state index contributed by atoms with van der Waals surface area (Å²) in [6.07, 6.45) is -3.21. The number of halogens is 6. The van der Waals surface area contributed by atoms with Crippen LogP contribution in [0.1, 0.15) is 10.4 Å². The molecule has 2 heterocycles. The molecular formula is C22H16BrCl2F3N4O3. The molecule has 0 bridgehead atoms. The summed E-state index contributed by atoms with van der Waals surface area (Å²) < 4.78 is 32.7. The molecule has 2 aromatic heterocycles. The van der Waals surface area contributed by atoms with E-state index in [1.165, 1.54) is 0 Å². The van der Waals surface area contributed by atoms with Crippen LogP contribution < -0.4 is 11.1 Å². The Balaban J connectivity index is 0.000000429. The van der Waals surface area contributed by atoms with Gasteiger partial charge in [-0.2, -0.15) is 13.2 Å². The monoisotopic (exact) mass is 590 g/mol. The summed E-state index contributed by atoms with van der Waals surface area (Å²) in [5.74, 6) is -3.02. The quantitative estimate of drug-likeness (QED) is 0.240. The molecule has 4 rings (SSSR count). The minimum atomic E-state index is -5.08. The molecular weight excluding hydrogens is 576 g/mol. The van der Waals surface area contributed by atoms with Gasteiger partial charge in [-0.3, -0.25) is 4.79 Å². The predicted molar refractivity (Wildman–Crippen MR) is 132 cm³/mol. The number of aromatic amines is 1. The van der Waals surface area contributed by atoms with Crippen LogP contribution in [0.15, 0.2) is 47.1 Å². The van der Waals surface area contributed by atoms with Gasteiger partial charge in [0.05, 0.1) is 21.8 Å². The fourth-order valence-corrected chi connectivity index (χ4v) is 4.13. The number of alkyl halides is 3. The van der Waals surface area contributed by atoms with Gasteiger partial charge in [0.25, 0.3) is 5.91 Å². The van der Waals surface area contributed by atoms with E-state index in [1.807, 2.05) is 24.4 Å². The smallest absolute Gasteiger partial charge is 0.475 e. The van der Waals surface area contributed by atoms with Crippen LogP contribution in [0.5, 0.6) is 0 Å². The number of fused-ring (bicyclic) bond motifs is 2. The number of nitrogens with zero attached hydrogens (tertiary/aromatic N) is 1. The lowest BCUT2D eigenvalue weighted by atomic mass is 10.0. The van der Waals surface area contributed by atoms with Crippen LogP contribution in [0.25, 0.3) is 33.1 Å².